The minimum Gasteiger partial charge on any atom is -0.478 e. The third kappa shape index (κ3) is 3.75. The van der Waals surface area contributed by atoms with Crippen LogP contribution in [0.5, 0.6) is 0 Å². The molecular formula is C21H19N3O3S. The maximum absolute atomic E-state index is 12.2. The molecule has 4 rings (SSSR count). The number of aromatic nitrogens is 1. The van der Waals surface area contributed by atoms with Gasteiger partial charge in [0.25, 0.3) is 5.91 Å². The molecule has 0 aliphatic carbocycles. The molecule has 7 heteroatoms. The second-order valence-corrected chi connectivity index (χ2v) is 7.62. The third-order valence-corrected chi connectivity index (χ3v) is 5.73. The van der Waals surface area contributed by atoms with E-state index in [1.807, 2.05) is 28.5 Å². The van der Waals surface area contributed by atoms with Crippen LogP contribution in [0.3, 0.4) is 0 Å². The number of pyridine rings is 1. The molecule has 1 amide bonds. The van der Waals surface area contributed by atoms with Crippen LogP contribution in [-0.4, -0.2) is 35.1 Å². The standard InChI is InChI=1S/C21H19N3O3S/c25-20(18-7-4-10-28-18)23-16-11-17(21(26)27)19(22-12-16)24-9-8-15(13-24)14-5-2-1-3-6-14/h1-7,10-12,15H,8-9,13H2,(H,23,25)(H,26,27)/t15-/m0/s1. The van der Waals surface area contributed by atoms with E-state index in [0.717, 1.165) is 19.5 Å². The molecule has 0 radical (unpaired) electrons. The molecule has 2 N–H and O–H groups in total. The fraction of sp³-hybridized carbons (Fsp3) is 0.190. The number of amides is 1. The van der Waals surface area contributed by atoms with Crippen LogP contribution in [0.2, 0.25) is 0 Å². The average Bonchev–Trinajstić information content (AvgIpc) is 3.41. The Morgan fingerprint density at radius 2 is 2.00 bits per heavy atom. The Balaban J connectivity index is 1.54. The molecular weight excluding hydrogens is 374 g/mol. The first-order valence-electron chi connectivity index (χ1n) is 9.00. The van der Waals surface area contributed by atoms with Crippen molar-refractivity contribution in [3.63, 3.8) is 0 Å². The van der Waals surface area contributed by atoms with Crippen molar-refractivity contribution in [2.75, 3.05) is 23.3 Å². The minimum absolute atomic E-state index is 0.0951. The Morgan fingerprint density at radius 1 is 1.18 bits per heavy atom. The van der Waals surface area contributed by atoms with Crippen LogP contribution in [0, 0.1) is 0 Å². The zero-order valence-corrected chi connectivity index (χ0v) is 15.9. The van der Waals surface area contributed by atoms with Gasteiger partial charge in [0.15, 0.2) is 0 Å². The van der Waals surface area contributed by atoms with Crippen LogP contribution in [0.4, 0.5) is 11.5 Å². The lowest BCUT2D eigenvalue weighted by Crippen LogP contribution is -2.23. The monoisotopic (exact) mass is 393 g/mol. The van der Waals surface area contributed by atoms with Crippen LogP contribution in [0.15, 0.2) is 60.1 Å². The number of carbonyl (C=O) groups is 2. The number of hydrogen-bond donors (Lipinski definition) is 2. The van der Waals surface area contributed by atoms with E-state index < -0.39 is 5.97 Å². The highest BCUT2D eigenvalue weighted by Crippen LogP contribution is 2.32. The fourth-order valence-electron chi connectivity index (χ4n) is 3.49. The van der Waals surface area contributed by atoms with E-state index >= 15 is 0 Å². The van der Waals surface area contributed by atoms with Crippen molar-refractivity contribution in [1.82, 2.24) is 4.98 Å². The number of hydrogen-bond acceptors (Lipinski definition) is 5. The van der Waals surface area contributed by atoms with Gasteiger partial charge in [-0.25, -0.2) is 9.78 Å². The van der Waals surface area contributed by atoms with Gasteiger partial charge in [0.05, 0.1) is 16.8 Å². The molecule has 1 saturated heterocycles. The maximum atomic E-state index is 12.2. The van der Waals surface area contributed by atoms with Gasteiger partial charge in [-0.05, 0) is 29.5 Å². The summed E-state index contributed by atoms with van der Waals surface area (Å²) in [6.07, 6.45) is 2.46. The number of thiophene rings is 1. The number of aromatic carboxylic acids is 1. The summed E-state index contributed by atoms with van der Waals surface area (Å²) in [7, 11) is 0. The lowest BCUT2D eigenvalue weighted by Gasteiger charge is -2.20. The minimum atomic E-state index is -1.06. The summed E-state index contributed by atoms with van der Waals surface area (Å²) >= 11 is 1.33. The van der Waals surface area contributed by atoms with E-state index in [0.29, 0.717) is 22.3 Å². The van der Waals surface area contributed by atoms with Crippen LogP contribution in [0.1, 0.15) is 37.9 Å². The normalized spacial score (nSPS) is 16.1. The summed E-state index contributed by atoms with van der Waals surface area (Å²) in [5, 5.41) is 14.2. The van der Waals surface area contributed by atoms with Gasteiger partial charge in [0.1, 0.15) is 11.4 Å². The molecule has 1 aliphatic rings. The Morgan fingerprint density at radius 3 is 2.71 bits per heavy atom. The van der Waals surface area contributed by atoms with Gasteiger partial charge in [-0.3, -0.25) is 4.79 Å². The van der Waals surface area contributed by atoms with Crippen molar-refractivity contribution in [3.05, 3.63) is 76.1 Å². The number of nitrogens with one attached hydrogen (secondary N) is 1. The van der Waals surface area contributed by atoms with E-state index in [1.54, 1.807) is 12.1 Å². The van der Waals surface area contributed by atoms with Crippen LogP contribution < -0.4 is 10.2 Å². The Bertz CT molecular complexity index is 989. The highest BCUT2D eigenvalue weighted by molar-refractivity contribution is 7.12. The molecule has 1 aromatic carbocycles. The predicted molar refractivity (Wildman–Crippen MR) is 109 cm³/mol. The summed E-state index contributed by atoms with van der Waals surface area (Å²) in [6, 6.07) is 15.2. The Labute approximate surface area is 166 Å². The molecule has 0 spiro atoms. The van der Waals surface area contributed by atoms with Gasteiger partial charge in [0.2, 0.25) is 0 Å². The number of nitrogens with zero attached hydrogens (tertiary/aromatic N) is 2. The first-order valence-corrected chi connectivity index (χ1v) is 9.88. The summed E-state index contributed by atoms with van der Waals surface area (Å²) < 4.78 is 0. The number of anilines is 2. The van der Waals surface area contributed by atoms with Crippen LogP contribution >= 0.6 is 11.3 Å². The van der Waals surface area contributed by atoms with E-state index in [-0.39, 0.29) is 11.5 Å². The van der Waals surface area contributed by atoms with Gasteiger partial charge in [-0.15, -0.1) is 11.3 Å². The fourth-order valence-corrected chi connectivity index (χ4v) is 4.10. The largest absolute Gasteiger partial charge is 0.478 e. The predicted octanol–water partition coefficient (Wildman–Crippen LogP) is 4.09. The second kappa shape index (κ2) is 7.82. The molecule has 2 aromatic heterocycles. The summed E-state index contributed by atoms with van der Waals surface area (Å²) in [4.78, 5) is 31.0. The third-order valence-electron chi connectivity index (χ3n) is 4.86. The molecule has 28 heavy (non-hydrogen) atoms. The molecule has 1 fully saturated rings. The molecule has 3 aromatic rings. The van der Waals surface area contributed by atoms with Crippen molar-refractivity contribution in [2.24, 2.45) is 0 Å². The molecule has 0 bridgehead atoms. The number of carbonyl (C=O) groups excluding carboxylic acids is 1. The van der Waals surface area contributed by atoms with Crippen molar-refractivity contribution < 1.29 is 14.7 Å². The van der Waals surface area contributed by atoms with Gasteiger partial charge < -0.3 is 15.3 Å². The molecule has 1 aliphatic heterocycles. The van der Waals surface area contributed by atoms with Gasteiger partial charge in [-0.1, -0.05) is 36.4 Å². The zero-order chi connectivity index (χ0) is 19.5. The van der Waals surface area contributed by atoms with Crippen molar-refractivity contribution in [2.45, 2.75) is 12.3 Å². The van der Waals surface area contributed by atoms with Gasteiger partial charge in [-0.2, -0.15) is 0 Å². The maximum Gasteiger partial charge on any atom is 0.339 e. The van der Waals surface area contributed by atoms with E-state index in [2.05, 4.69) is 22.4 Å². The van der Waals surface area contributed by atoms with E-state index in [4.69, 9.17) is 0 Å². The average molecular weight is 393 g/mol. The molecule has 142 valence electrons. The lowest BCUT2D eigenvalue weighted by atomic mass is 9.99. The number of rotatable bonds is 5. The second-order valence-electron chi connectivity index (χ2n) is 6.67. The quantitative estimate of drug-likeness (QED) is 0.682. The smallest absolute Gasteiger partial charge is 0.339 e. The summed E-state index contributed by atoms with van der Waals surface area (Å²) in [6.45, 7) is 1.46. The molecule has 3 heterocycles. The SMILES string of the molecule is O=C(Nc1cnc(N2CC[C@H](c3ccccc3)C2)c(C(=O)O)c1)c1cccs1. The highest BCUT2D eigenvalue weighted by Gasteiger charge is 2.28. The van der Waals surface area contributed by atoms with Gasteiger partial charge >= 0.3 is 5.97 Å². The summed E-state index contributed by atoms with van der Waals surface area (Å²) in [5.41, 5.74) is 1.72. The number of carboxylic acid groups (broad SMARTS) is 1. The number of carboxylic acids is 1. The number of benzene rings is 1. The Kier molecular flexibility index (Phi) is 5.08. The molecule has 6 nitrogen and oxygen atoms in total. The molecule has 0 saturated carbocycles. The topological polar surface area (TPSA) is 82.5 Å². The lowest BCUT2D eigenvalue weighted by molar-refractivity contribution is 0.0697. The van der Waals surface area contributed by atoms with Crippen molar-refractivity contribution in [3.8, 4) is 0 Å². The van der Waals surface area contributed by atoms with Crippen LogP contribution in [-0.2, 0) is 0 Å². The van der Waals surface area contributed by atoms with Crippen LogP contribution in [0.25, 0.3) is 0 Å². The van der Waals surface area contributed by atoms with E-state index in [1.165, 1.54) is 29.2 Å². The Hall–Kier alpha value is -3.19. The first kappa shape index (κ1) is 18.2. The van der Waals surface area contributed by atoms with E-state index in [9.17, 15) is 14.7 Å². The van der Waals surface area contributed by atoms with Crippen molar-refractivity contribution >= 4 is 34.7 Å². The zero-order valence-electron chi connectivity index (χ0n) is 15.0. The highest BCUT2D eigenvalue weighted by atomic mass is 32.1. The summed E-state index contributed by atoms with van der Waals surface area (Å²) in [5.74, 6) is -0.535. The van der Waals surface area contributed by atoms with Gasteiger partial charge in [0, 0.05) is 19.0 Å². The molecule has 1 atom stereocenters. The first-order chi connectivity index (χ1) is 13.6. The molecule has 0 unspecified atom stereocenters. The van der Waals surface area contributed by atoms with Crippen molar-refractivity contribution in [1.29, 1.82) is 0 Å².